The summed E-state index contributed by atoms with van der Waals surface area (Å²) in [4.78, 5) is 1.53. The van der Waals surface area contributed by atoms with Crippen LogP contribution in [0.25, 0.3) is 0 Å². The van der Waals surface area contributed by atoms with E-state index >= 15 is 0 Å². The van der Waals surface area contributed by atoms with Gasteiger partial charge in [-0.3, -0.25) is 0 Å². The van der Waals surface area contributed by atoms with E-state index in [1.165, 1.54) is 81.9 Å². The maximum absolute atomic E-state index is 3.49. The molecular formula is C19H35NS. The highest BCUT2D eigenvalue weighted by molar-refractivity contribution is 7.09. The highest BCUT2D eigenvalue weighted by Gasteiger charge is 2.06. The highest BCUT2D eigenvalue weighted by atomic mass is 32.1. The molecule has 1 aromatic rings. The summed E-state index contributed by atoms with van der Waals surface area (Å²) in [5.74, 6) is 0. The molecule has 1 nitrogen and oxygen atoms in total. The Morgan fingerprint density at radius 1 is 0.952 bits per heavy atom. The molecule has 1 aromatic heterocycles. The molecule has 1 N–H and O–H groups in total. The second kappa shape index (κ2) is 13.3. The lowest BCUT2D eigenvalue weighted by atomic mass is 10.0. The molecule has 1 unspecified atom stereocenters. The number of thiophene rings is 1. The normalized spacial score (nSPS) is 12.7. The van der Waals surface area contributed by atoms with E-state index in [-0.39, 0.29) is 0 Å². The van der Waals surface area contributed by atoms with Crippen LogP contribution in [0.1, 0.15) is 82.4 Å². The molecule has 0 radical (unpaired) electrons. The highest BCUT2D eigenvalue weighted by Crippen LogP contribution is 2.15. The van der Waals surface area contributed by atoms with Gasteiger partial charge in [-0.2, -0.15) is 0 Å². The third-order valence-electron chi connectivity index (χ3n) is 4.38. The Labute approximate surface area is 136 Å². The van der Waals surface area contributed by atoms with E-state index in [0.717, 1.165) is 0 Å². The van der Waals surface area contributed by atoms with Gasteiger partial charge in [0.2, 0.25) is 0 Å². The van der Waals surface area contributed by atoms with E-state index < -0.39 is 0 Å². The minimum atomic E-state index is 0.705. The van der Waals surface area contributed by atoms with Gasteiger partial charge in [0.1, 0.15) is 0 Å². The van der Waals surface area contributed by atoms with Crippen LogP contribution in [0.4, 0.5) is 0 Å². The number of aryl methyl sites for hydroxylation is 1. The van der Waals surface area contributed by atoms with Gasteiger partial charge >= 0.3 is 0 Å². The first kappa shape index (κ1) is 18.7. The zero-order valence-electron chi connectivity index (χ0n) is 14.2. The van der Waals surface area contributed by atoms with Crippen molar-refractivity contribution < 1.29 is 0 Å². The number of nitrogens with one attached hydrogen (secondary N) is 1. The van der Waals surface area contributed by atoms with Crippen LogP contribution in [-0.2, 0) is 6.42 Å². The number of rotatable bonds is 14. The minimum Gasteiger partial charge on any atom is -0.317 e. The minimum absolute atomic E-state index is 0.705. The fraction of sp³-hybridized carbons (Fsp3) is 0.789. The quantitative estimate of drug-likeness (QED) is 0.404. The van der Waals surface area contributed by atoms with Crippen LogP contribution in [0.15, 0.2) is 17.5 Å². The Kier molecular flexibility index (Phi) is 11.9. The molecule has 0 bridgehead atoms. The lowest BCUT2D eigenvalue weighted by Gasteiger charge is -2.15. The summed E-state index contributed by atoms with van der Waals surface area (Å²) in [7, 11) is 2.12. The van der Waals surface area contributed by atoms with Crippen LogP contribution in [0, 0.1) is 0 Å². The summed E-state index contributed by atoms with van der Waals surface area (Å²) >= 11 is 1.89. The third-order valence-corrected chi connectivity index (χ3v) is 5.32. The fourth-order valence-electron chi connectivity index (χ4n) is 2.91. The molecule has 21 heavy (non-hydrogen) atoms. The maximum atomic E-state index is 3.49. The molecule has 0 aliphatic rings. The first-order valence-electron chi connectivity index (χ1n) is 9.06. The molecule has 122 valence electrons. The third kappa shape index (κ3) is 10.1. The van der Waals surface area contributed by atoms with E-state index in [2.05, 4.69) is 36.8 Å². The summed E-state index contributed by atoms with van der Waals surface area (Å²) in [5, 5.41) is 5.68. The predicted molar refractivity (Wildman–Crippen MR) is 97.3 cm³/mol. The van der Waals surface area contributed by atoms with Gasteiger partial charge in [-0.25, -0.2) is 0 Å². The summed E-state index contributed by atoms with van der Waals surface area (Å²) in [6.45, 7) is 2.29. The van der Waals surface area contributed by atoms with Crippen LogP contribution in [-0.4, -0.2) is 13.1 Å². The van der Waals surface area contributed by atoms with Crippen LogP contribution in [0.2, 0.25) is 0 Å². The van der Waals surface area contributed by atoms with Gasteiger partial charge in [-0.1, -0.05) is 70.8 Å². The summed E-state index contributed by atoms with van der Waals surface area (Å²) in [5.41, 5.74) is 0. The Morgan fingerprint density at radius 3 is 2.19 bits per heavy atom. The molecule has 1 heterocycles. The van der Waals surface area contributed by atoms with E-state index in [4.69, 9.17) is 0 Å². The second-order valence-electron chi connectivity index (χ2n) is 6.22. The standard InChI is InChI=1S/C19H35NS/c1-3-4-5-6-7-8-9-10-11-13-18(20-2)15-16-19-14-12-17-21-19/h12,14,17-18,20H,3-11,13,15-16H2,1-2H3. The van der Waals surface area contributed by atoms with Gasteiger partial charge in [0.25, 0.3) is 0 Å². The zero-order valence-corrected chi connectivity index (χ0v) is 15.0. The molecule has 0 aliphatic heterocycles. The Morgan fingerprint density at radius 2 is 1.62 bits per heavy atom. The molecule has 2 heteroatoms. The number of hydrogen-bond donors (Lipinski definition) is 1. The van der Waals surface area contributed by atoms with Crippen LogP contribution in [0.5, 0.6) is 0 Å². The predicted octanol–water partition coefficient (Wildman–Crippen LogP) is 6.19. The van der Waals surface area contributed by atoms with Gasteiger partial charge in [0.15, 0.2) is 0 Å². The SMILES string of the molecule is CCCCCCCCCCCC(CCc1cccs1)NC. The molecule has 1 atom stereocenters. The van der Waals surface area contributed by atoms with E-state index in [0.29, 0.717) is 6.04 Å². The molecule has 0 amide bonds. The first-order chi connectivity index (χ1) is 10.4. The Hall–Kier alpha value is -0.340. The van der Waals surface area contributed by atoms with Gasteiger partial charge in [0, 0.05) is 10.9 Å². The van der Waals surface area contributed by atoms with E-state index in [9.17, 15) is 0 Å². The first-order valence-corrected chi connectivity index (χ1v) is 9.94. The lowest BCUT2D eigenvalue weighted by Crippen LogP contribution is -2.25. The van der Waals surface area contributed by atoms with Crippen LogP contribution >= 0.6 is 11.3 Å². The van der Waals surface area contributed by atoms with Crippen molar-refractivity contribution in [2.24, 2.45) is 0 Å². The smallest absolute Gasteiger partial charge is 0.00675 e. The number of hydrogen-bond acceptors (Lipinski definition) is 2. The molecule has 0 aliphatic carbocycles. The van der Waals surface area contributed by atoms with Crippen LogP contribution < -0.4 is 5.32 Å². The van der Waals surface area contributed by atoms with Crippen molar-refractivity contribution in [3.05, 3.63) is 22.4 Å². The van der Waals surface area contributed by atoms with Crippen molar-refractivity contribution in [3.63, 3.8) is 0 Å². The lowest BCUT2D eigenvalue weighted by molar-refractivity contribution is 0.457. The summed E-state index contributed by atoms with van der Waals surface area (Å²) in [6.07, 6.45) is 16.7. The number of unbranched alkanes of at least 4 members (excludes halogenated alkanes) is 8. The maximum Gasteiger partial charge on any atom is 0.00675 e. The summed E-state index contributed by atoms with van der Waals surface area (Å²) in [6, 6.07) is 5.13. The molecule has 1 rings (SSSR count). The van der Waals surface area contributed by atoms with Crippen molar-refractivity contribution >= 4 is 11.3 Å². The average molecular weight is 310 g/mol. The molecule has 0 saturated heterocycles. The van der Waals surface area contributed by atoms with Gasteiger partial charge in [-0.15, -0.1) is 11.3 Å². The largest absolute Gasteiger partial charge is 0.317 e. The van der Waals surface area contributed by atoms with Crippen molar-refractivity contribution in [2.45, 2.75) is 90.0 Å². The monoisotopic (exact) mass is 309 g/mol. The van der Waals surface area contributed by atoms with E-state index in [1.54, 1.807) is 0 Å². The van der Waals surface area contributed by atoms with Crippen molar-refractivity contribution in [3.8, 4) is 0 Å². The topological polar surface area (TPSA) is 12.0 Å². The molecule has 0 fully saturated rings. The van der Waals surface area contributed by atoms with Gasteiger partial charge in [0.05, 0.1) is 0 Å². The Balaban J connectivity index is 1.92. The van der Waals surface area contributed by atoms with Crippen molar-refractivity contribution in [2.75, 3.05) is 7.05 Å². The summed E-state index contributed by atoms with van der Waals surface area (Å²) < 4.78 is 0. The van der Waals surface area contributed by atoms with Gasteiger partial charge < -0.3 is 5.32 Å². The molecular weight excluding hydrogens is 274 g/mol. The van der Waals surface area contributed by atoms with E-state index in [1.807, 2.05) is 11.3 Å². The van der Waals surface area contributed by atoms with Crippen LogP contribution in [0.3, 0.4) is 0 Å². The van der Waals surface area contributed by atoms with Gasteiger partial charge in [-0.05, 0) is 37.8 Å². The van der Waals surface area contributed by atoms with Crippen molar-refractivity contribution in [1.82, 2.24) is 5.32 Å². The second-order valence-corrected chi connectivity index (χ2v) is 7.25. The molecule has 0 saturated carbocycles. The fourth-order valence-corrected chi connectivity index (χ4v) is 3.63. The Bertz CT molecular complexity index is 307. The molecule has 0 aromatic carbocycles. The molecule has 0 spiro atoms. The average Bonchev–Trinajstić information content (AvgIpc) is 3.02. The zero-order chi connectivity index (χ0) is 15.2. The van der Waals surface area contributed by atoms with Crippen molar-refractivity contribution in [1.29, 1.82) is 0 Å².